The van der Waals surface area contributed by atoms with Crippen molar-refractivity contribution in [3.05, 3.63) is 82.5 Å². The van der Waals surface area contributed by atoms with E-state index in [2.05, 4.69) is 31.5 Å². The zero-order valence-electron chi connectivity index (χ0n) is 15.8. The van der Waals surface area contributed by atoms with Gasteiger partial charge in [0.1, 0.15) is 5.03 Å². The molecule has 0 spiro atoms. The molecular formula is C22H20BrN3O2S. The molecule has 0 aliphatic carbocycles. The van der Waals surface area contributed by atoms with Crippen LogP contribution >= 0.6 is 27.7 Å². The Hall–Kier alpha value is -2.64. The van der Waals surface area contributed by atoms with Gasteiger partial charge in [-0.25, -0.2) is 4.98 Å². The van der Waals surface area contributed by atoms with Crippen molar-refractivity contribution in [2.24, 2.45) is 0 Å². The molecule has 3 rings (SSSR count). The van der Waals surface area contributed by atoms with Crippen molar-refractivity contribution in [3.63, 3.8) is 0 Å². The summed E-state index contributed by atoms with van der Waals surface area (Å²) in [7, 11) is 0. The van der Waals surface area contributed by atoms with E-state index in [4.69, 9.17) is 0 Å². The van der Waals surface area contributed by atoms with E-state index in [1.54, 1.807) is 18.3 Å². The smallest absolute Gasteiger partial charge is 0.254 e. The lowest BCUT2D eigenvalue weighted by molar-refractivity contribution is -0.116. The van der Waals surface area contributed by atoms with Gasteiger partial charge >= 0.3 is 0 Å². The first-order chi connectivity index (χ1) is 14.0. The van der Waals surface area contributed by atoms with Gasteiger partial charge in [0.2, 0.25) is 5.91 Å². The van der Waals surface area contributed by atoms with E-state index in [-0.39, 0.29) is 24.8 Å². The Morgan fingerprint density at radius 1 is 1.07 bits per heavy atom. The number of nitrogens with one attached hydrogen (secondary N) is 2. The van der Waals surface area contributed by atoms with Crippen molar-refractivity contribution in [3.8, 4) is 0 Å². The molecule has 0 fully saturated rings. The summed E-state index contributed by atoms with van der Waals surface area (Å²) in [6.07, 6.45) is 1.84. The number of rotatable bonds is 7. The second-order valence-electron chi connectivity index (χ2n) is 6.28. The average molecular weight is 470 g/mol. The molecule has 0 bridgehead atoms. The Bertz CT molecular complexity index is 1010. The van der Waals surface area contributed by atoms with Crippen LogP contribution in [0.5, 0.6) is 0 Å². The highest BCUT2D eigenvalue weighted by atomic mass is 79.9. The molecule has 0 aliphatic heterocycles. The third kappa shape index (κ3) is 6.17. The maximum absolute atomic E-state index is 12.6. The number of nitrogens with zero attached hydrogens (tertiary/aromatic N) is 1. The Balaban J connectivity index is 1.56. The number of hydrogen-bond acceptors (Lipinski definition) is 4. The van der Waals surface area contributed by atoms with Gasteiger partial charge in [0.05, 0.1) is 5.56 Å². The maximum atomic E-state index is 12.6. The molecule has 148 valence electrons. The molecule has 0 saturated carbocycles. The van der Waals surface area contributed by atoms with Crippen molar-refractivity contribution < 1.29 is 9.59 Å². The van der Waals surface area contributed by atoms with Crippen LogP contribution in [-0.2, 0) is 4.79 Å². The summed E-state index contributed by atoms with van der Waals surface area (Å²) in [5, 5.41) is 6.31. The quantitative estimate of drug-likeness (QED) is 0.506. The van der Waals surface area contributed by atoms with E-state index in [1.807, 2.05) is 55.5 Å². The number of carbonyl (C=O) groups excluding carboxylic acids is 2. The number of halogens is 1. The minimum Gasteiger partial charge on any atom is -0.351 e. The highest BCUT2D eigenvalue weighted by molar-refractivity contribution is 9.10. The van der Waals surface area contributed by atoms with E-state index in [1.165, 1.54) is 11.8 Å². The molecule has 1 aromatic heterocycles. The van der Waals surface area contributed by atoms with Crippen LogP contribution in [0.1, 0.15) is 22.3 Å². The third-order valence-corrected chi connectivity index (χ3v) is 5.60. The van der Waals surface area contributed by atoms with E-state index < -0.39 is 0 Å². The Morgan fingerprint density at radius 3 is 2.66 bits per heavy atom. The van der Waals surface area contributed by atoms with E-state index in [9.17, 15) is 9.59 Å². The fraction of sp³-hybridized carbons (Fsp3) is 0.136. The molecule has 5 nitrogen and oxygen atoms in total. The second kappa shape index (κ2) is 10.2. The first kappa shape index (κ1) is 21.1. The summed E-state index contributed by atoms with van der Waals surface area (Å²) >= 11 is 4.83. The summed E-state index contributed by atoms with van der Waals surface area (Å²) in [5.74, 6) is -0.403. The Morgan fingerprint density at radius 2 is 1.86 bits per heavy atom. The van der Waals surface area contributed by atoms with Crippen molar-refractivity contribution >= 4 is 45.2 Å². The minimum absolute atomic E-state index is 0.156. The molecule has 2 aromatic carbocycles. The standard InChI is InChI=1S/C22H20BrN3O2S/c1-15-9-10-16(23)14-19(15)26-20(27)11-13-24-21(28)18-8-5-12-25-22(18)29-17-6-3-2-4-7-17/h2-10,12,14H,11,13H2,1H3,(H,24,28)(H,26,27). The monoisotopic (exact) mass is 469 g/mol. The molecule has 2 N–H and O–H groups in total. The van der Waals surface area contributed by atoms with Crippen LogP contribution in [0.25, 0.3) is 0 Å². The fourth-order valence-corrected chi connectivity index (χ4v) is 3.83. The molecule has 3 aromatic rings. The number of anilines is 1. The number of aryl methyl sites for hydroxylation is 1. The van der Waals surface area contributed by atoms with Crippen molar-refractivity contribution in [1.29, 1.82) is 0 Å². The first-order valence-corrected chi connectivity index (χ1v) is 10.7. The number of aromatic nitrogens is 1. The van der Waals surface area contributed by atoms with Crippen LogP contribution in [-0.4, -0.2) is 23.3 Å². The largest absolute Gasteiger partial charge is 0.351 e. The summed E-state index contributed by atoms with van der Waals surface area (Å²) in [5.41, 5.74) is 2.22. The van der Waals surface area contributed by atoms with Gasteiger partial charge in [-0.05, 0) is 48.9 Å². The maximum Gasteiger partial charge on any atom is 0.254 e. The summed E-state index contributed by atoms with van der Waals surface area (Å²) in [6.45, 7) is 2.17. The van der Waals surface area contributed by atoms with Gasteiger partial charge in [-0.15, -0.1) is 0 Å². The van der Waals surface area contributed by atoms with Crippen molar-refractivity contribution in [1.82, 2.24) is 10.3 Å². The SMILES string of the molecule is Cc1ccc(Br)cc1NC(=O)CCNC(=O)c1cccnc1Sc1ccccc1. The zero-order valence-corrected chi connectivity index (χ0v) is 18.2. The van der Waals surface area contributed by atoms with E-state index >= 15 is 0 Å². The second-order valence-corrected chi connectivity index (χ2v) is 8.26. The first-order valence-electron chi connectivity index (χ1n) is 9.05. The number of benzene rings is 2. The highest BCUT2D eigenvalue weighted by Gasteiger charge is 2.14. The molecular weight excluding hydrogens is 450 g/mol. The lowest BCUT2D eigenvalue weighted by Crippen LogP contribution is -2.28. The lowest BCUT2D eigenvalue weighted by atomic mass is 10.2. The van der Waals surface area contributed by atoms with E-state index in [0.717, 1.165) is 20.6 Å². The van der Waals surface area contributed by atoms with Crippen LogP contribution in [0.15, 0.2) is 81.3 Å². The van der Waals surface area contributed by atoms with Gasteiger partial charge < -0.3 is 10.6 Å². The lowest BCUT2D eigenvalue weighted by Gasteiger charge is -2.11. The summed E-state index contributed by atoms with van der Waals surface area (Å²) in [4.78, 5) is 30.1. The number of pyridine rings is 1. The molecule has 1 heterocycles. The van der Waals surface area contributed by atoms with Gasteiger partial charge in [-0.3, -0.25) is 9.59 Å². The van der Waals surface area contributed by atoms with Gasteiger partial charge in [-0.1, -0.05) is 52.0 Å². The predicted octanol–water partition coefficient (Wildman–Crippen LogP) is 5.06. The van der Waals surface area contributed by atoms with E-state index in [0.29, 0.717) is 10.6 Å². The molecule has 0 saturated heterocycles. The fourth-order valence-electron chi connectivity index (χ4n) is 2.57. The molecule has 2 amide bonds. The minimum atomic E-state index is -0.247. The Kier molecular flexibility index (Phi) is 7.43. The average Bonchev–Trinajstić information content (AvgIpc) is 2.72. The van der Waals surface area contributed by atoms with Gasteiger partial charge in [0.15, 0.2) is 0 Å². The van der Waals surface area contributed by atoms with Crippen molar-refractivity contribution in [2.45, 2.75) is 23.3 Å². The van der Waals surface area contributed by atoms with Crippen LogP contribution in [0.3, 0.4) is 0 Å². The van der Waals surface area contributed by atoms with Gasteiger partial charge in [0.25, 0.3) is 5.91 Å². The molecule has 0 unspecified atom stereocenters. The van der Waals surface area contributed by atoms with Crippen LogP contribution in [0.4, 0.5) is 5.69 Å². The van der Waals surface area contributed by atoms with Crippen molar-refractivity contribution in [2.75, 3.05) is 11.9 Å². The van der Waals surface area contributed by atoms with Crippen LogP contribution < -0.4 is 10.6 Å². The molecule has 0 aliphatic rings. The Labute approximate surface area is 182 Å². The number of carbonyl (C=O) groups is 2. The summed E-state index contributed by atoms with van der Waals surface area (Å²) < 4.78 is 0.895. The summed E-state index contributed by atoms with van der Waals surface area (Å²) in [6, 6.07) is 18.9. The zero-order chi connectivity index (χ0) is 20.6. The van der Waals surface area contributed by atoms with Crippen LogP contribution in [0.2, 0.25) is 0 Å². The van der Waals surface area contributed by atoms with Gasteiger partial charge in [-0.2, -0.15) is 0 Å². The van der Waals surface area contributed by atoms with Gasteiger partial charge in [0, 0.05) is 34.2 Å². The highest BCUT2D eigenvalue weighted by Crippen LogP contribution is 2.28. The topological polar surface area (TPSA) is 71.1 Å². The molecule has 29 heavy (non-hydrogen) atoms. The molecule has 0 radical (unpaired) electrons. The third-order valence-electron chi connectivity index (χ3n) is 4.08. The van der Waals surface area contributed by atoms with Crippen LogP contribution in [0, 0.1) is 6.92 Å². The number of amides is 2. The molecule has 7 heteroatoms. The number of hydrogen-bond donors (Lipinski definition) is 2. The normalized spacial score (nSPS) is 10.4. The molecule has 0 atom stereocenters. The predicted molar refractivity (Wildman–Crippen MR) is 119 cm³/mol.